The number of rotatable bonds is 3. The van der Waals surface area contributed by atoms with Crippen molar-refractivity contribution >= 4 is 17.7 Å². The van der Waals surface area contributed by atoms with Gasteiger partial charge in [-0.05, 0) is 61.0 Å². The number of Topliss-reactive ketones (excluding diaryl/α,β-unsaturated/α-hetero) is 1. The molecule has 1 aliphatic heterocycles. The molecule has 0 N–H and O–H groups in total. The fourth-order valence-electron chi connectivity index (χ4n) is 10.4. The van der Waals surface area contributed by atoms with E-state index in [-0.39, 0.29) is 57.9 Å². The minimum atomic E-state index is -0.405. The highest BCUT2D eigenvalue weighted by atomic mass is 16.5. The van der Waals surface area contributed by atoms with Crippen LogP contribution in [0.1, 0.15) is 59.8 Å². The second kappa shape index (κ2) is 6.25. The zero-order chi connectivity index (χ0) is 22.8. The molecule has 0 aromatic rings. The maximum atomic E-state index is 13.4. The Labute approximate surface area is 190 Å². The molecular weight excluding hydrogens is 406 g/mol. The van der Waals surface area contributed by atoms with Crippen molar-refractivity contribution in [3.63, 3.8) is 0 Å². The third-order valence-corrected chi connectivity index (χ3v) is 10.9. The van der Waals surface area contributed by atoms with Crippen molar-refractivity contribution in [1.82, 2.24) is 4.90 Å². The first-order valence-electron chi connectivity index (χ1n) is 12.4. The largest absolute Gasteiger partial charge is 0.462 e. The van der Waals surface area contributed by atoms with Crippen LogP contribution < -0.4 is 0 Å². The Bertz CT molecular complexity index is 945. The number of ether oxygens (including phenoxy) is 2. The first-order valence-corrected chi connectivity index (χ1v) is 12.4. The number of piperidine rings is 1. The minimum Gasteiger partial charge on any atom is -0.462 e. The van der Waals surface area contributed by atoms with E-state index >= 15 is 0 Å². The molecule has 0 amide bonds. The Morgan fingerprint density at radius 3 is 2.56 bits per heavy atom. The number of esters is 2. The number of carbonyl (C=O) groups excluding carboxylic acids is 3. The van der Waals surface area contributed by atoms with Gasteiger partial charge in [0.2, 0.25) is 0 Å². The normalized spacial score (nSPS) is 52.7. The molecule has 5 saturated carbocycles. The van der Waals surface area contributed by atoms with E-state index in [0.717, 1.165) is 44.3 Å². The van der Waals surface area contributed by atoms with Crippen LogP contribution in [0, 0.1) is 39.9 Å². The van der Waals surface area contributed by atoms with E-state index in [4.69, 9.17) is 9.47 Å². The molecule has 10 atom stereocenters. The van der Waals surface area contributed by atoms with Crippen molar-refractivity contribution < 1.29 is 23.9 Å². The summed E-state index contributed by atoms with van der Waals surface area (Å²) in [6, 6.07) is 0.260. The van der Waals surface area contributed by atoms with Crippen molar-refractivity contribution in [2.45, 2.75) is 78.0 Å². The van der Waals surface area contributed by atoms with E-state index in [9.17, 15) is 14.4 Å². The second-order valence-corrected chi connectivity index (χ2v) is 11.8. The summed E-state index contributed by atoms with van der Waals surface area (Å²) >= 11 is 0. The van der Waals surface area contributed by atoms with E-state index < -0.39 is 6.10 Å². The van der Waals surface area contributed by atoms with Gasteiger partial charge in [0.1, 0.15) is 18.0 Å². The third kappa shape index (κ3) is 2.10. The molecule has 6 rings (SSSR count). The van der Waals surface area contributed by atoms with Gasteiger partial charge in [0, 0.05) is 49.6 Å². The van der Waals surface area contributed by atoms with Gasteiger partial charge in [-0.25, -0.2) is 0 Å². The third-order valence-electron chi connectivity index (χ3n) is 10.9. The average molecular weight is 442 g/mol. The van der Waals surface area contributed by atoms with Gasteiger partial charge in [0.15, 0.2) is 0 Å². The van der Waals surface area contributed by atoms with Crippen molar-refractivity contribution in [2.24, 2.45) is 39.9 Å². The highest BCUT2D eigenvalue weighted by molar-refractivity contribution is 5.87. The average Bonchev–Trinajstić information content (AvgIpc) is 3.24. The van der Waals surface area contributed by atoms with Crippen molar-refractivity contribution in [3.05, 3.63) is 12.2 Å². The Morgan fingerprint density at radius 2 is 1.91 bits per heavy atom. The zero-order valence-electron chi connectivity index (χ0n) is 19.7. The predicted molar refractivity (Wildman–Crippen MR) is 116 cm³/mol. The molecular formula is C26H35NO5. The fraction of sp³-hybridized carbons (Fsp3) is 0.808. The van der Waals surface area contributed by atoms with Gasteiger partial charge in [0.05, 0.1) is 0 Å². The molecule has 32 heavy (non-hydrogen) atoms. The minimum absolute atomic E-state index is 0.0643. The molecule has 6 aliphatic rings. The maximum absolute atomic E-state index is 13.4. The Kier molecular flexibility index (Phi) is 4.08. The molecule has 2 spiro atoms. The lowest BCUT2D eigenvalue weighted by atomic mass is 9.43. The van der Waals surface area contributed by atoms with Crippen LogP contribution in [0.15, 0.2) is 12.2 Å². The molecule has 2 unspecified atom stereocenters. The molecule has 5 aliphatic carbocycles. The highest BCUT2D eigenvalue weighted by Crippen LogP contribution is 2.83. The summed E-state index contributed by atoms with van der Waals surface area (Å²) in [7, 11) is 0. The van der Waals surface area contributed by atoms with Crippen LogP contribution in [0.5, 0.6) is 0 Å². The molecule has 6 fully saturated rings. The quantitative estimate of drug-likeness (QED) is 0.495. The summed E-state index contributed by atoms with van der Waals surface area (Å²) in [4.78, 5) is 40.5. The monoisotopic (exact) mass is 441 g/mol. The van der Waals surface area contributed by atoms with Crippen molar-refractivity contribution in [1.29, 1.82) is 0 Å². The molecule has 1 saturated heterocycles. The molecule has 0 aromatic carbocycles. The standard InChI is InChI=1S/C26H35NO5/c1-6-27-12-24(5)8-7-21(31-14(3)28)26-19(24)9-17(22(26)27)25-11-16(18(30)10-20(25)26)13(2)23(25)32-15(4)29/h16-17,19-23H,2,6-12H2,1,3-5H3/t16-,17-,19?,20?,21-,22+,23+,24-,25-,26+/m0/s1. The van der Waals surface area contributed by atoms with Crippen molar-refractivity contribution in [3.8, 4) is 0 Å². The first-order chi connectivity index (χ1) is 15.1. The molecule has 174 valence electrons. The van der Waals surface area contributed by atoms with Gasteiger partial charge in [-0.15, -0.1) is 0 Å². The van der Waals surface area contributed by atoms with Gasteiger partial charge in [-0.1, -0.05) is 20.4 Å². The van der Waals surface area contributed by atoms with E-state index in [2.05, 4.69) is 25.3 Å². The zero-order valence-corrected chi connectivity index (χ0v) is 19.7. The number of hydrogen-bond acceptors (Lipinski definition) is 6. The predicted octanol–water partition coefficient (Wildman–Crippen LogP) is 3.14. The van der Waals surface area contributed by atoms with Gasteiger partial charge >= 0.3 is 11.9 Å². The number of hydrogen-bond donors (Lipinski definition) is 0. The number of nitrogens with zero attached hydrogens (tertiary/aromatic N) is 1. The molecule has 7 bridgehead atoms. The maximum Gasteiger partial charge on any atom is 0.303 e. The molecule has 0 radical (unpaired) electrons. The van der Waals surface area contributed by atoms with Crippen LogP contribution >= 0.6 is 0 Å². The lowest BCUT2D eigenvalue weighted by molar-refractivity contribution is -0.224. The summed E-state index contributed by atoms with van der Waals surface area (Å²) in [5.41, 5.74) is 0.446. The summed E-state index contributed by atoms with van der Waals surface area (Å²) in [5.74, 6) is 0.322. The molecule has 6 nitrogen and oxygen atoms in total. The topological polar surface area (TPSA) is 72.9 Å². The Hall–Kier alpha value is -1.69. The highest BCUT2D eigenvalue weighted by Gasteiger charge is 2.86. The van der Waals surface area contributed by atoms with E-state index in [1.165, 1.54) is 13.8 Å². The Balaban J connectivity index is 1.59. The smallest absolute Gasteiger partial charge is 0.303 e. The van der Waals surface area contributed by atoms with Gasteiger partial charge in [-0.3, -0.25) is 19.3 Å². The van der Waals surface area contributed by atoms with Crippen LogP contribution in [0.3, 0.4) is 0 Å². The number of ketones is 1. The van der Waals surface area contributed by atoms with Gasteiger partial charge < -0.3 is 9.47 Å². The van der Waals surface area contributed by atoms with Crippen LogP contribution in [0.2, 0.25) is 0 Å². The van der Waals surface area contributed by atoms with Gasteiger partial charge in [-0.2, -0.15) is 0 Å². The van der Waals surface area contributed by atoms with E-state index in [0.29, 0.717) is 18.3 Å². The lowest BCUT2D eigenvalue weighted by Gasteiger charge is -2.65. The lowest BCUT2D eigenvalue weighted by Crippen LogP contribution is -2.69. The second-order valence-electron chi connectivity index (χ2n) is 11.8. The summed E-state index contributed by atoms with van der Waals surface area (Å²) < 4.78 is 12.2. The van der Waals surface area contributed by atoms with Crippen LogP contribution in [-0.4, -0.2) is 54.0 Å². The number of likely N-dealkylation sites (tertiary alicyclic amines) is 1. The molecule has 1 heterocycles. The van der Waals surface area contributed by atoms with Crippen LogP contribution in [0.4, 0.5) is 0 Å². The first kappa shape index (κ1) is 20.9. The summed E-state index contributed by atoms with van der Waals surface area (Å²) in [5, 5.41) is 0. The SMILES string of the molecule is C=C1[C@@H]2C[C@]3(C(CC2=O)[C@@]24C5C[C@H]3[C@H]2N(CC)C[C@]5(C)CC[C@@H]4OC(C)=O)[C@@H]1OC(C)=O. The number of fused-ring (bicyclic) bond motifs is 1. The molecule has 0 aromatic heterocycles. The Morgan fingerprint density at radius 1 is 1.19 bits per heavy atom. The summed E-state index contributed by atoms with van der Waals surface area (Å²) in [6.45, 7) is 13.9. The van der Waals surface area contributed by atoms with Crippen LogP contribution in [0.25, 0.3) is 0 Å². The van der Waals surface area contributed by atoms with Crippen molar-refractivity contribution in [2.75, 3.05) is 13.1 Å². The van der Waals surface area contributed by atoms with Gasteiger partial charge in [0.25, 0.3) is 0 Å². The summed E-state index contributed by atoms with van der Waals surface area (Å²) in [6.07, 6.45) is 3.62. The van der Waals surface area contributed by atoms with E-state index in [1.54, 1.807) is 0 Å². The van der Waals surface area contributed by atoms with E-state index in [1.807, 2.05) is 0 Å². The van der Waals surface area contributed by atoms with Crippen LogP contribution in [-0.2, 0) is 23.9 Å². The molecule has 6 heteroatoms. The fourth-order valence-corrected chi connectivity index (χ4v) is 10.4. The number of carbonyl (C=O) groups is 3.